The Morgan fingerprint density at radius 1 is 1.24 bits per heavy atom. The molecule has 2 rings (SSSR count). The number of piperazine rings is 1. The quantitative estimate of drug-likeness (QED) is 0.268. The maximum atomic E-state index is 11.9. The first-order valence-corrected chi connectivity index (χ1v) is 8.91. The zero-order valence-corrected chi connectivity index (χ0v) is 16.3. The molecule has 1 saturated heterocycles. The number of nitro benzene ring substituents is 1. The number of benzene rings is 1. The highest BCUT2D eigenvalue weighted by Crippen LogP contribution is 2.32. The SMILES string of the molecule is COC(=O)/C=C(/Nc1ccc(N2CCN(CCO)CC2)c([N+](=O)[O-])c1)C(=O)OC. The molecule has 29 heavy (non-hydrogen) atoms. The van der Waals surface area contributed by atoms with Gasteiger partial charge in [0, 0.05) is 44.5 Å². The van der Waals surface area contributed by atoms with Crippen LogP contribution in [0, 0.1) is 10.1 Å². The molecule has 0 aliphatic carbocycles. The minimum absolute atomic E-state index is 0.0716. The number of nitrogens with one attached hydrogen (secondary N) is 1. The molecule has 1 aromatic rings. The van der Waals surface area contributed by atoms with Crippen molar-refractivity contribution >= 4 is 29.0 Å². The molecule has 0 unspecified atom stereocenters. The van der Waals surface area contributed by atoms with Crippen LogP contribution in [0.1, 0.15) is 0 Å². The summed E-state index contributed by atoms with van der Waals surface area (Å²) in [7, 11) is 2.31. The monoisotopic (exact) mass is 408 g/mol. The lowest BCUT2D eigenvalue weighted by molar-refractivity contribution is -0.384. The number of β-amino-alcohol motifs (C(OH)–C–C–N with tert-alkyl or cyclic N) is 1. The molecular weight excluding hydrogens is 384 g/mol. The number of nitro groups is 1. The van der Waals surface area contributed by atoms with Crippen molar-refractivity contribution in [3.05, 3.63) is 40.1 Å². The number of nitrogens with zero attached hydrogens (tertiary/aromatic N) is 3. The van der Waals surface area contributed by atoms with Gasteiger partial charge < -0.3 is 24.8 Å². The van der Waals surface area contributed by atoms with Crippen LogP contribution in [0.5, 0.6) is 0 Å². The number of anilines is 2. The highest BCUT2D eigenvalue weighted by atomic mass is 16.6. The van der Waals surface area contributed by atoms with Gasteiger partial charge in [-0.2, -0.15) is 0 Å². The van der Waals surface area contributed by atoms with E-state index in [1.54, 1.807) is 12.1 Å². The summed E-state index contributed by atoms with van der Waals surface area (Å²) in [5.41, 5.74) is 0.368. The van der Waals surface area contributed by atoms with Gasteiger partial charge in [-0.25, -0.2) is 9.59 Å². The molecule has 1 aliphatic rings. The molecule has 0 bridgehead atoms. The number of rotatable bonds is 8. The summed E-state index contributed by atoms with van der Waals surface area (Å²) >= 11 is 0. The lowest BCUT2D eigenvalue weighted by Crippen LogP contribution is -2.47. The van der Waals surface area contributed by atoms with Crippen LogP contribution in [-0.2, 0) is 19.1 Å². The van der Waals surface area contributed by atoms with Crippen LogP contribution < -0.4 is 10.2 Å². The van der Waals surface area contributed by atoms with Gasteiger partial charge in [-0.15, -0.1) is 0 Å². The Bertz CT molecular complexity index is 788. The second kappa shape index (κ2) is 10.4. The fraction of sp³-hybridized carbons (Fsp3) is 0.444. The van der Waals surface area contributed by atoms with Crippen LogP contribution in [0.15, 0.2) is 30.0 Å². The van der Waals surface area contributed by atoms with Crippen molar-refractivity contribution in [2.75, 3.05) is 63.8 Å². The van der Waals surface area contributed by atoms with Gasteiger partial charge in [0.25, 0.3) is 5.69 Å². The molecule has 0 spiro atoms. The van der Waals surface area contributed by atoms with Gasteiger partial charge in [0.1, 0.15) is 11.4 Å². The largest absolute Gasteiger partial charge is 0.466 e. The number of esters is 2. The van der Waals surface area contributed by atoms with E-state index < -0.39 is 16.9 Å². The minimum Gasteiger partial charge on any atom is -0.466 e. The van der Waals surface area contributed by atoms with Crippen molar-refractivity contribution in [1.29, 1.82) is 0 Å². The maximum absolute atomic E-state index is 11.9. The molecule has 1 aliphatic heterocycles. The Morgan fingerprint density at radius 3 is 2.48 bits per heavy atom. The minimum atomic E-state index is -0.817. The summed E-state index contributed by atoms with van der Waals surface area (Å²) in [4.78, 5) is 38.4. The van der Waals surface area contributed by atoms with Crippen LogP contribution in [0.4, 0.5) is 17.1 Å². The predicted octanol–water partition coefficient (Wildman–Crippen LogP) is 0.351. The first-order valence-electron chi connectivity index (χ1n) is 8.91. The molecular formula is C18H24N4O7. The molecule has 11 heteroatoms. The molecule has 0 aromatic heterocycles. The number of methoxy groups -OCH3 is 2. The second-order valence-electron chi connectivity index (χ2n) is 6.21. The molecule has 0 atom stereocenters. The fourth-order valence-corrected chi connectivity index (χ4v) is 2.96. The number of ether oxygens (including phenoxy) is 2. The highest BCUT2D eigenvalue weighted by Gasteiger charge is 2.24. The zero-order chi connectivity index (χ0) is 21.4. The summed E-state index contributed by atoms with van der Waals surface area (Å²) in [5, 5.41) is 23.3. The van der Waals surface area contributed by atoms with E-state index in [1.807, 2.05) is 4.90 Å². The van der Waals surface area contributed by atoms with E-state index in [1.165, 1.54) is 6.07 Å². The molecule has 1 aromatic carbocycles. The van der Waals surface area contributed by atoms with E-state index >= 15 is 0 Å². The van der Waals surface area contributed by atoms with E-state index in [-0.39, 0.29) is 23.7 Å². The molecule has 0 radical (unpaired) electrons. The van der Waals surface area contributed by atoms with E-state index in [2.05, 4.69) is 19.7 Å². The van der Waals surface area contributed by atoms with E-state index in [0.29, 0.717) is 38.4 Å². The summed E-state index contributed by atoms with van der Waals surface area (Å²) in [6.07, 6.45) is 0.909. The van der Waals surface area contributed by atoms with E-state index in [9.17, 15) is 19.7 Å². The predicted molar refractivity (Wildman–Crippen MR) is 105 cm³/mol. The van der Waals surface area contributed by atoms with E-state index in [4.69, 9.17) is 5.11 Å². The average molecular weight is 408 g/mol. The number of hydrogen-bond donors (Lipinski definition) is 2. The lowest BCUT2D eigenvalue weighted by Gasteiger charge is -2.35. The third-order valence-corrected chi connectivity index (χ3v) is 4.45. The van der Waals surface area contributed by atoms with Crippen LogP contribution >= 0.6 is 0 Å². The Kier molecular flexibility index (Phi) is 7.92. The summed E-state index contributed by atoms with van der Waals surface area (Å²) in [6.45, 7) is 3.19. The molecule has 0 amide bonds. The van der Waals surface area contributed by atoms with E-state index in [0.717, 1.165) is 20.3 Å². The Morgan fingerprint density at radius 2 is 1.93 bits per heavy atom. The van der Waals surface area contributed by atoms with Gasteiger partial charge in [0.05, 0.1) is 31.8 Å². The van der Waals surface area contributed by atoms with Gasteiger partial charge in [-0.05, 0) is 12.1 Å². The smallest absolute Gasteiger partial charge is 0.354 e. The van der Waals surface area contributed by atoms with Crippen molar-refractivity contribution < 1.29 is 29.1 Å². The number of aliphatic hydroxyl groups is 1. The van der Waals surface area contributed by atoms with Crippen molar-refractivity contribution in [3.8, 4) is 0 Å². The number of aliphatic hydroxyl groups excluding tert-OH is 1. The van der Waals surface area contributed by atoms with Gasteiger partial charge in [0.2, 0.25) is 0 Å². The van der Waals surface area contributed by atoms with Gasteiger partial charge in [0.15, 0.2) is 0 Å². The third kappa shape index (κ3) is 5.90. The molecule has 158 valence electrons. The fourth-order valence-electron chi connectivity index (χ4n) is 2.96. The summed E-state index contributed by atoms with van der Waals surface area (Å²) in [5.74, 6) is -1.59. The first kappa shape index (κ1) is 22.1. The third-order valence-electron chi connectivity index (χ3n) is 4.45. The second-order valence-corrected chi connectivity index (χ2v) is 6.21. The molecule has 1 fully saturated rings. The van der Waals surface area contributed by atoms with Crippen LogP contribution in [0.25, 0.3) is 0 Å². The molecule has 2 N–H and O–H groups in total. The molecule has 1 heterocycles. The maximum Gasteiger partial charge on any atom is 0.354 e. The summed E-state index contributed by atoms with van der Waals surface area (Å²) in [6, 6.07) is 4.47. The average Bonchev–Trinajstić information content (AvgIpc) is 2.73. The van der Waals surface area contributed by atoms with Crippen LogP contribution in [0.3, 0.4) is 0 Å². The normalized spacial score (nSPS) is 15.0. The number of carbonyl (C=O) groups is 2. The topological polar surface area (TPSA) is 134 Å². The standard InChI is InChI=1S/C18H24N4O7/c1-28-17(24)12-14(18(25)29-2)19-13-3-4-15(16(11-13)22(26)27)21-7-5-20(6-8-21)9-10-23/h3-4,11-12,19,23H,5-10H2,1-2H3/b14-12+. The van der Waals surface area contributed by atoms with Gasteiger partial charge >= 0.3 is 11.9 Å². The zero-order valence-electron chi connectivity index (χ0n) is 16.3. The van der Waals surface area contributed by atoms with Crippen molar-refractivity contribution in [2.45, 2.75) is 0 Å². The molecule has 11 nitrogen and oxygen atoms in total. The Balaban J connectivity index is 2.25. The highest BCUT2D eigenvalue weighted by molar-refractivity contribution is 5.98. The number of carbonyl (C=O) groups excluding carboxylic acids is 2. The summed E-state index contributed by atoms with van der Waals surface area (Å²) < 4.78 is 9.12. The van der Waals surface area contributed by atoms with Gasteiger partial charge in [-0.1, -0.05) is 0 Å². The first-order chi connectivity index (χ1) is 13.9. The Hall–Kier alpha value is -3.18. The van der Waals surface area contributed by atoms with Crippen LogP contribution in [0.2, 0.25) is 0 Å². The lowest BCUT2D eigenvalue weighted by atomic mass is 10.2. The molecule has 0 saturated carbocycles. The van der Waals surface area contributed by atoms with Crippen molar-refractivity contribution in [3.63, 3.8) is 0 Å². The van der Waals surface area contributed by atoms with Gasteiger partial charge in [-0.3, -0.25) is 15.0 Å². The van der Waals surface area contributed by atoms with Crippen molar-refractivity contribution in [1.82, 2.24) is 4.90 Å². The van der Waals surface area contributed by atoms with Crippen LogP contribution in [-0.4, -0.2) is 80.4 Å². The Labute approximate surface area is 167 Å². The number of hydrogen-bond acceptors (Lipinski definition) is 10. The van der Waals surface area contributed by atoms with Crippen molar-refractivity contribution in [2.24, 2.45) is 0 Å².